The number of hydrogen-bond acceptors (Lipinski definition) is 4. The van der Waals surface area contributed by atoms with Crippen LogP contribution in [0.4, 0.5) is 0 Å². The Morgan fingerprint density at radius 1 is 1.26 bits per heavy atom. The summed E-state index contributed by atoms with van der Waals surface area (Å²) in [5.41, 5.74) is 3.51. The molecule has 0 atom stereocenters. The number of methoxy groups -OCH3 is 1. The highest BCUT2D eigenvalue weighted by Crippen LogP contribution is 2.29. The van der Waals surface area contributed by atoms with Crippen molar-refractivity contribution in [1.82, 2.24) is 5.43 Å². The largest absolute Gasteiger partial charge is 0.493 e. The first kappa shape index (κ1) is 16.8. The second-order valence-corrected chi connectivity index (χ2v) is 4.90. The van der Waals surface area contributed by atoms with Crippen LogP contribution in [0.15, 0.2) is 47.6 Å². The van der Waals surface area contributed by atoms with Gasteiger partial charge in [-0.15, -0.1) is 0 Å². The Balaban J connectivity index is 2.15. The van der Waals surface area contributed by atoms with Crippen molar-refractivity contribution in [3.63, 3.8) is 0 Å². The highest BCUT2D eigenvalue weighted by atomic mass is 35.5. The van der Waals surface area contributed by atoms with Crippen molar-refractivity contribution >= 4 is 23.7 Å². The molecule has 2 rings (SSSR count). The number of carbonyl (C=O) groups is 1. The number of halogens is 1. The molecule has 0 aromatic heterocycles. The van der Waals surface area contributed by atoms with Crippen LogP contribution in [0.25, 0.3) is 0 Å². The van der Waals surface area contributed by atoms with Crippen molar-refractivity contribution in [1.29, 1.82) is 0 Å². The molecule has 0 saturated carbocycles. The van der Waals surface area contributed by atoms with Gasteiger partial charge in [0, 0.05) is 5.56 Å². The summed E-state index contributed by atoms with van der Waals surface area (Å²) in [6.45, 7) is 2.37. The molecule has 0 saturated heterocycles. The quantitative estimate of drug-likeness (QED) is 0.650. The monoisotopic (exact) mass is 332 g/mol. The van der Waals surface area contributed by atoms with Crippen molar-refractivity contribution in [2.75, 3.05) is 13.7 Å². The van der Waals surface area contributed by atoms with E-state index in [2.05, 4.69) is 10.5 Å². The predicted octanol–water partition coefficient (Wildman–Crippen LogP) is 3.51. The van der Waals surface area contributed by atoms with Gasteiger partial charge < -0.3 is 9.47 Å². The Labute approximate surface area is 139 Å². The second kappa shape index (κ2) is 8.19. The van der Waals surface area contributed by atoms with Gasteiger partial charge in [0.15, 0.2) is 11.5 Å². The van der Waals surface area contributed by atoms with E-state index in [1.165, 1.54) is 6.21 Å². The van der Waals surface area contributed by atoms with Crippen molar-refractivity contribution in [3.8, 4) is 11.5 Å². The molecule has 1 N–H and O–H groups in total. The van der Waals surface area contributed by atoms with Gasteiger partial charge in [0.05, 0.1) is 30.5 Å². The lowest BCUT2D eigenvalue weighted by atomic mass is 10.2. The molecule has 5 nitrogen and oxygen atoms in total. The zero-order valence-electron chi connectivity index (χ0n) is 12.9. The molecular weight excluding hydrogens is 316 g/mol. The Kier molecular flexibility index (Phi) is 6.00. The van der Waals surface area contributed by atoms with E-state index in [0.29, 0.717) is 34.3 Å². The van der Waals surface area contributed by atoms with E-state index in [0.717, 1.165) is 0 Å². The lowest BCUT2D eigenvalue weighted by Crippen LogP contribution is -2.18. The highest BCUT2D eigenvalue weighted by Gasteiger charge is 2.10. The van der Waals surface area contributed by atoms with E-state index >= 15 is 0 Å². The van der Waals surface area contributed by atoms with Gasteiger partial charge in [-0.1, -0.05) is 29.8 Å². The van der Waals surface area contributed by atoms with Crippen LogP contribution in [-0.4, -0.2) is 25.8 Å². The number of rotatable bonds is 6. The number of hydrazone groups is 1. The van der Waals surface area contributed by atoms with Crippen molar-refractivity contribution in [2.45, 2.75) is 6.92 Å². The van der Waals surface area contributed by atoms with Crippen molar-refractivity contribution < 1.29 is 14.3 Å². The first-order valence-corrected chi connectivity index (χ1v) is 7.43. The summed E-state index contributed by atoms with van der Waals surface area (Å²) in [7, 11) is 1.57. The molecular formula is C17H17ClN2O3. The SMILES string of the molecule is CCOc1c(/C=N\NC(=O)c2ccccc2Cl)cccc1OC. The normalized spacial score (nSPS) is 10.6. The topological polar surface area (TPSA) is 59.9 Å². The molecule has 0 radical (unpaired) electrons. The number of amides is 1. The average molecular weight is 333 g/mol. The third-order valence-electron chi connectivity index (χ3n) is 3.01. The molecule has 23 heavy (non-hydrogen) atoms. The lowest BCUT2D eigenvalue weighted by molar-refractivity contribution is 0.0955. The minimum Gasteiger partial charge on any atom is -0.493 e. The van der Waals surface area contributed by atoms with Gasteiger partial charge in [0.1, 0.15) is 0 Å². The zero-order valence-corrected chi connectivity index (χ0v) is 13.6. The van der Waals surface area contributed by atoms with Crippen molar-refractivity contribution in [2.24, 2.45) is 5.10 Å². The maximum absolute atomic E-state index is 12.0. The summed E-state index contributed by atoms with van der Waals surface area (Å²) in [5.74, 6) is 0.800. The van der Waals surface area contributed by atoms with Crippen LogP contribution in [0.2, 0.25) is 5.02 Å². The number of nitrogens with one attached hydrogen (secondary N) is 1. The Bertz CT molecular complexity index is 717. The molecule has 0 unspecified atom stereocenters. The average Bonchev–Trinajstić information content (AvgIpc) is 2.56. The van der Waals surface area contributed by atoms with Gasteiger partial charge in [-0.25, -0.2) is 5.43 Å². The molecule has 2 aromatic rings. The molecule has 0 aliphatic heterocycles. The number of benzene rings is 2. The minimum atomic E-state index is -0.382. The molecule has 120 valence electrons. The number of hydrogen-bond donors (Lipinski definition) is 1. The molecule has 0 fully saturated rings. The minimum absolute atomic E-state index is 0.363. The number of nitrogens with zero attached hydrogens (tertiary/aromatic N) is 1. The summed E-state index contributed by atoms with van der Waals surface area (Å²) < 4.78 is 10.8. The van der Waals surface area contributed by atoms with Crippen LogP contribution in [0.5, 0.6) is 11.5 Å². The van der Waals surface area contributed by atoms with Gasteiger partial charge in [0.25, 0.3) is 5.91 Å². The van der Waals surface area contributed by atoms with Gasteiger partial charge in [0.2, 0.25) is 0 Å². The summed E-state index contributed by atoms with van der Waals surface area (Å²) in [4.78, 5) is 12.0. The third kappa shape index (κ3) is 4.23. The van der Waals surface area contributed by atoms with Crippen LogP contribution in [0.3, 0.4) is 0 Å². The molecule has 1 amide bonds. The van der Waals surface area contributed by atoms with Gasteiger partial charge in [-0.2, -0.15) is 5.10 Å². The Morgan fingerprint density at radius 2 is 2.04 bits per heavy atom. The van der Waals surface area contributed by atoms with E-state index < -0.39 is 0 Å². The van der Waals surface area contributed by atoms with Crippen LogP contribution in [0, 0.1) is 0 Å². The first-order valence-electron chi connectivity index (χ1n) is 7.05. The van der Waals surface area contributed by atoms with Crippen LogP contribution in [-0.2, 0) is 0 Å². The fraction of sp³-hybridized carbons (Fsp3) is 0.176. The maximum atomic E-state index is 12.0. The second-order valence-electron chi connectivity index (χ2n) is 4.49. The van der Waals surface area contributed by atoms with Crippen LogP contribution < -0.4 is 14.9 Å². The summed E-state index contributed by atoms with van der Waals surface area (Å²) in [6.07, 6.45) is 1.50. The summed E-state index contributed by atoms with van der Waals surface area (Å²) >= 11 is 5.97. The van der Waals surface area contributed by atoms with Gasteiger partial charge >= 0.3 is 0 Å². The van der Waals surface area contributed by atoms with Gasteiger partial charge in [-0.3, -0.25) is 4.79 Å². The smallest absolute Gasteiger partial charge is 0.272 e. The molecule has 0 bridgehead atoms. The molecule has 0 aliphatic rings. The maximum Gasteiger partial charge on any atom is 0.272 e. The Hall–Kier alpha value is -2.53. The lowest BCUT2D eigenvalue weighted by Gasteiger charge is -2.11. The van der Waals surface area contributed by atoms with E-state index in [1.807, 2.05) is 19.1 Å². The number of carbonyl (C=O) groups excluding carboxylic acids is 1. The van der Waals surface area contributed by atoms with Crippen LogP contribution in [0.1, 0.15) is 22.8 Å². The fourth-order valence-corrected chi connectivity index (χ4v) is 2.18. The van der Waals surface area contributed by atoms with E-state index in [-0.39, 0.29) is 5.91 Å². The zero-order chi connectivity index (χ0) is 16.7. The molecule has 0 heterocycles. The highest BCUT2D eigenvalue weighted by molar-refractivity contribution is 6.33. The molecule has 0 spiro atoms. The van der Waals surface area contributed by atoms with E-state index in [9.17, 15) is 4.79 Å². The summed E-state index contributed by atoms with van der Waals surface area (Å²) in [5, 5.41) is 4.33. The first-order chi connectivity index (χ1) is 11.2. The fourth-order valence-electron chi connectivity index (χ4n) is 1.96. The van der Waals surface area contributed by atoms with Crippen LogP contribution >= 0.6 is 11.6 Å². The number of ether oxygens (including phenoxy) is 2. The molecule has 6 heteroatoms. The third-order valence-corrected chi connectivity index (χ3v) is 3.34. The van der Waals surface area contributed by atoms with E-state index in [1.54, 1.807) is 37.4 Å². The predicted molar refractivity (Wildman–Crippen MR) is 90.7 cm³/mol. The van der Waals surface area contributed by atoms with Crippen molar-refractivity contribution in [3.05, 3.63) is 58.6 Å². The summed E-state index contributed by atoms with van der Waals surface area (Å²) in [6, 6.07) is 12.2. The standard InChI is InChI=1S/C17H17ClN2O3/c1-3-23-16-12(7-6-10-15(16)22-2)11-19-20-17(21)13-8-4-5-9-14(13)18/h4-11H,3H2,1-2H3,(H,20,21)/b19-11-. The Morgan fingerprint density at radius 3 is 2.74 bits per heavy atom. The van der Waals surface area contributed by atoms with Gasteiger partial charge in [-0.05, 0) is 31.2 Å². The number of para-hydroxylation sites is 1. The van der Waals surface area contributed by atoms with E-state index in [4.69, 9.17) is 21.1 Å². The molecule has 0 aliphatic carbocycles. The molecule has 2 aromatic carbocycles.